The molecule has 0 aliphatic heterocycles. The minimum atomic E-state index is -0.866. The summed E-state index contributed by atoms with van der Waals surface area (Å²) < 4.78 is 5.24. The van der Waals surface area contributed by atoms with Crippen LogP contribution in [-0.4, -0.2) is 23.0 Å². The number of carboxylic acid groups (broad SMARTS) is 1. The summed E-state index contributed by atoms with van der Waals surface area (Å²) in [6, 6.07) is 12.1. The van der Waals surface area contributed by atoms with E-state index in [4.69, 9.17) is 4.42 Å². The monoisotopic (exact) mass is 245 g/mol. The van der Waals surface area contributed by atoms with Crippen molar-refractivity contribution in [1.29, 1.82) is 0 Å². The SMILES string of the molecule is CN(Cc1ccco1)C(C(=O)O)c1ccccc1. The van der Waals surface area contributed by atoms with Gasteiger partial charge >= 0.3 is 5.97 Å². The van der Waals surface area contributed by atoms with Gasteiger partial charge in [-0.1, -0.05) is 30.3 Å². The smallest absolute Gasteiger partial charge is 0.325 e. The van der Waals surface area contributed by atoms with Crippen molar-refractivity contribution >= 4 is 5.97 Å². The number of likely N-dealkylation sites (N-methyl/N-ethyl adjacent to an activating group) is 1. The highest BCUT2D eigenvalue weighted by atomic mass is 16.4. The van der Waals surface area contributed by atoms with Crippen LogP contribution in [0.15, 0.2) is 53.1 Å². The Morgan fingerprint density at radius 3 is 2.56 bits per heavy atom. The van der Waals surface area contributed by atoms with Crippen molar-refractivity contribution in [3.8, 4) is 0 Å². The van der Waals surface area contributed by atoms with Gasteiger partial charge in [-0.15, -0.1) is 0 Å². The van der Waals surface area contributed by atoms with E-state index in [0.717, 1.165) is 11.3 Å². The van der Waals surface area contributed by atoms with E-state index in [9.17, 15) is 9.90 Å². The molecule has 0 aliphatic carbocycles. The highest BCUT2D eigenvalue weighted by Crippen LogP contribution is 2.21. The number of rotatable bonds is 5. The van der Waals surface area contributed by atoms with Gasteiger partial charge in [-0.05, 0) is 24.7 Å². The molecule has 1 N–H and O–H groups in total. The molecule has 0 radical (unpaired) electrons. The Morgan fingerprint density at radius 1 is 1.28 bits per heavy atom. The molecule has 94 valence electrons. The highest BCUT2D eigenvalue weighted by molar-refractivity contribution is 5.75. The third-order valence-corrected chi connectivity index (χ3v) is 2.78. The van der Waals surface area contributed by atoms with Crippen LogP contribution in [0.4, 0.5) is 0 Å². The molecule has 0 saturated carbocycles. The van der Waals surface area contributed by atoms with Crippen LogP contribution >= 0.6 is 0 Å². The lowest BCUT2D eigenvalue weighted by Crippen LogP contribution is -2.30. The molecule has 0 saturated heterocycles. The lowest BCUT2D eigenvalue weighted by Gasteiger charge is -2.23. The van der Waals surface area contributed by atoms with Crippen LogP contribution in [0.25, 0.3) is 0 Å². The van der Waals surface area contributed by atoms with Crippen molar-refractivity contribution < 1.29 is 14.3 Å². The van der Waals surface area contributed by atoms with E-state index in [1.54, 1.807) is 24.3 Å². The molecule has 0 aliphatic rings. The van der Waals surface area contributed by atoms with Crippen molar-refractivity contribution in [2.45, 2.75) is 12.6 Å². The van der Waals surface area contributed by atoms with Crippen molar-refractivity contribution in [2.24, 2.45) is 0 Å². The van der Waals surface area contributed by atoms with Crippen LogP contribution in [0.3, 0.4) is 0 Å². The van der Waals surface area contributed by atoms with Gasteiger partial charge in [-0.3, -0.25) is 9.69 Å². The Morgan fingerprint density at radius 2 is 2.00 bits per heavy atom. The van der Waals surface area contributed by atoms with E-state index in [1.807, 2.05) is 36.4 Å². The molecule has 0 fully saturated rings. The van der Waals surface area contributed by atoms with Gasteiger partial charge in [-0.2, -0.15) is 0 Å². The summed E-state index contributed by atoms with van der Waals surface area (Å²) in [6.45, 7) is 0.457. The second kappa shape index (κ2) is 5.51. The summed E-state index contributed by atoms with van der Waals surface area (Å²) in [5, 5.41) is 9.35. The number of benzene rings is 1. The Kier molecular flexibility index (Phi) is 3.79. The van der Waals surface area contributed by atoms with Crippen LogP contribution in [0, 0.1) is 0 Å². The Bertz CT molecular complexity index is 493. The number of nitrogens with zero attached hydrogens (tertiary/aromatic N) is 1. The van der Waals surface area contributed by atoms with E-state index >= 15 is 0 Å². The number of carbonyl (C=O) groups is 1. The molecular weight excluding hydrogens is 230 g/mol. The number of hydrogen-bond donors (Lipinski definition) is 1. The first-order valence-corrected chi connectivity index (χ1v) is 5.69. The van der Waals surface area contributed by atoms with Crippen LogP contribution in [0.5, 0.6) is 0 Å². The molecule has 2 rings (SSSR count). The first-order valence-electron chi connectivity index (χ1n) is 5.69. The molecule has 2 aromatic rings. The van der Waals surface area contributed by atoms with Gasteiger partial charge in [0.1, 0.15) is 11.8 Å². The minimum absolute atomic E-state index is 0.457. The lowest BCUT2D eigenvalue weighted by atomic mass is 10.1. The number of furan rings is 1. The van der Waals surface area contributed by atoms with Gasteiger partial charge in [0, 0.05) is 0 Å². The summed E-state index contributed by atoms with van der Waals surface area (Å²) in [5.41, 5.74) is 0.763. The van der Waals surface area contributed by atoms with E-state index in [-0.39, 0.29) is 0 Å². The average Bonchev–Trinajstić information content (AvgIpc) is 2.83. The van der Waals surface area contributed by atoms with Gasteiger partial charge in [0.25, 0.3) is 0 Å². The maximum atomic E-state index is 11.4. The first kappa shape index (κ1) is 12.4. The summed E-state index contributed by atoms with van der Waals surface area (Å²) in [5.74, 6) is -0.116. The largest absolute Gasteiger partial charge is 0.480 e. The molecule has 1 atom stereocenters. The fourth-order valence-electron chi connectivity index (χ4n) is 1.96. The third-order valence-electron chi connectivity index (χ3n) is 2.78. The van der Waals surface area contributed by atoms with Crippen molar-refractivity contribution in [1.82, 2.24) is 4.90 Å². The zero-order valence-corrected chi connectivity index (χ0v) is 10.1. The molecule has 0 amide bonds. The van der Waals surface area contributed by atoms with Gasteiger partial charge < -0.3 is 9.52 Å². The molecule has 0 bridgehead atoms. The highest BCUT2D eigenvalue weighted by Gasteiger charge is 2.24. The maximum Gasteiger partial charge on any atom is 0.325 e. The normalized spacial score (nSPS) is 12.6. The minimum Gasteiger partial charge on any atom is -0.480 e. The molecule has 4 heteroatoms. The molecule has 4 nitrogen and oxygen atoms in total. The standard InChI is InChI=1S/C14H15NO3/c1-15(10-12-8-5-9-18-12)13(14(16)17)11-6-3-2-4-7-11/h2-9,13H,10H2,1H3,(H,16,17). The second-order valence-corrected chi connectivity index (χ2v) is 4.15. The molecular formula is C14H15NO3. The number of hydrogen-bond acceptors (Lipinski definition) is 3. The van der Waals surface area contributed by atoms with Crippen LogP contribution in [-0.2, 0) is 11.3 Å². The van der Waals surface area contributed by atoms with Crippen LogP contribution < -0.4 is 0 Å². The molecule has 1 aromatic carbocycles. The number of carboxylic acids is 1. The predicted molar refractivity (Wildman–Crippen MR) is 67.0 cm³/mol. The fourth-order valence-corrected chi connectivity index (χ4v) is 1.96. The molecule has 0 spiro atoms. The summed E-state index contributed by atoms with van der Waals surface area (Å²) in [7, 11) is 1.77. The van der Waals surface area contributed by atoms with Gasteiger partial charge in [0.05, 0.1) is 12.8 Å². The average molecular weight is 245 g/mol. The summed E-state index contributed by atoms with van der Waals surface area (Å²) in [4.78, 5) is 13.1. The Hall–Kier alpha value is -2.07. The van der Waals surface area contributed by atoms with E-state index in [0.29, 0.717) is 6.54 Å². The zero-order valence-electron chi connectivity index (χ0n) is 10.1. The Labute approximate surface area is 105 Å². The molecule has 1 aromatic heterocycles. The molecule has 1 unspecified atom stereocenters. The summed E-state index contributed by atoms with van der Waals surface area (Å²) in [6.07, 6.45) is 1.58. The molecule has 18 heavy (non-hydrogen) atoms. The summed E-state index contributed by atoms with van der Waals surface area (Å²) >= 11 is 0. The van der Waals surface area contributed by atoms with Crippen molar-refractivity contribution in [3.05, 3.63) is 60.1 Å². The van der Waals surface area contributed by atoms with Crippen LogP contribution in [0.1, 0.15) is 17.4 Å². The van der Waals surface area contributed by atoms with Crippen molar-refractivity contribution in [3.63, 3.8) is 0 Å². The van der Waals surface area contributed by atoms with Gasteiger partial charge in [0.15, 0.2) is 0 Å². The quantitative estimate of drug-likeness (QED) is 0.879. The third kappa shape index (κ3) is 2.78. The van der Waals surface area contributed by atoms with E-state index < -0.39 is 12.0 Å². The first-order chi connectivity index (χ1) is 8.68. The molecule has 1 heterocycles. The van der Waals surface area contributed by atoms with Gasteiger partial charge in [-0.25, -0.2) is 0 Å². The zero-order chi connectivity index (χ0) is 13.0. The van der Waals surface area contributed by atoms with E-state index in [1.165, 1.54) is 0 Å². The van der Waals surface area contributed by atoms with Crippen molar-refractivity contribution in [2.75, 3.05) is 7.05 Å². The predicted octanol–water partition coefficient (Wildman–Crippen LogP) is 2.54. The lowest BCUT2D eigenvalue weighted by molar-refractivity contribution is -0.143. The maximum absolute atomic E-state index is 11.4. The fraction of sp³-hybridized carbons (Fsp3) is 0.214. The van der Waals surface area contributed by atoms with Gasteiger partial charge in [0.2, 0.25) is 0 Å². The topological polar surface area (TPSA) is 53.7 Å². The second-order valence-electron chi connectivity index (χ2n) is 4.15. The Balaban J connectivity index is 2.18. The van der Waals surface area contributed by atoms with Crippen LogP contribution in [0.2, 0.25) is 0 Å². The number of aliphatic carboxylic acids is 1. The van der Waals surface area contributed by atoms with E-state index in [2.05, 4.69) is 0 Å².